The summed E-state index contributed by atoms with van der Waals surface area (Å²) < 4.78 is 5.85. The van der Waals surface area contributed by atoms with Crippen molar-refractivity contribution in [3.05, 3.63) is 47.5 Å². The second kappa shape index (κ2) is 5.78. The third-order valence-electron chi connectivity index (χ3n) is 3.96. The molecule has 4 nitrogen and oxygen atoms in total. The molecule has 0 bridgehead atoms. The molecule has 2 aromatic carbocycles. The number of carbonyl (C=O) groups excluding carboxylic acids is 1. The fourth-order valence-electron chi connectivity index (χ4n) is 2.36. The maximum atomic E-state index is 12.3. The number of carbonyl (C=O) groups is 1. The van der Waals surface area contributed by atoms with E-state index >= 15 is 0 Å². The highest BCUT2D eigenvalue weighted by Gasteiger charge is 2.22. The number of aromatic nitrogens is 1. The number of hydrogen-bond donors (Lipinski definition) is 1. The van der Waals surface area contributed by atoms with Gasteiger partial charge in [-0.05, 0) is 49.2 Å². The molecule has 1 aromatic heterocycles. The summed E-state index contributed by atoms with van der Waals surface area (Å²) in [7, 11) is 0. The Balaban J connectivity index is 1.99. The molecule has 0 atom stereocenters. The molecule has 0 aliphatic rings. The molecule has 3 rings (SSSR count). The molecule has 0 radical (unpaired) electrons. The van der Waals surface area contributed by atoms with Crippen LogP contribution < -0.4 is 5.32 Å². The molecular weight excluding hydrogens is 300 g/mol. The van der Waals surface area contributed by atoms with E-state index < -0.39 is 5.41 Å². The van der Waals surface area contributed by atoms with Gasteiger partial charge >= 0.3 is 0 Å². The van der Waals surface area contributed by atoms with Crippen LogP contribution in [0.5, 0.6) is 0 Å². The van der Waals surface area contributed by atoms with Crippen molar-refractivity contribution in [2.24, 2.45) is 5.41 Å². The summed E-state index contributed by atoms with van der Waals surface area (Å²) >= 11 is 0. The summed E-state index contributed by atoms with van der Waals surface area (Å²) in [5, 5.41) is 2.99. The van der Waals surface area contributed by atoms with Crippen molar-refractivity contribution in [1.29, 1.82) is 0 Å². The van der Waals surface area contributed by atoms with Gasteiger partial charge in [0.25, 0.3) is 0 Å². The van der Waals surface area contributed by atoms with E-state index in [4.69, 9.17) is 4.42 Å². The average molecular weight is 322 g/mol. The predicted octanol–water partition coefficient (Wildman–Crippen LogP) is 5.10. The number of amides is 1. The number of fused-ring (bicyclic) bond motifs is 1. The topological polar surface area (TPSA) is 55.1 Å². The van der Waals surface area contributed by atoms with Crippen LogP contribution in [0.4, 0.5) is 5.69 Å². The molecule has 0 saturated carbocycles. The molecular formula is C20H22N2O2. The fraction of sp³-hybridized carbons (Fsp3) is 0.300. The lowest BCUT2D eigenvalue weighted by Crippen LogP contribution is -2.27. The Morgan fingerprint density at radius 1 is 1.08 bits per heavy atom. The third-order valence-corrected chi connectivity index (χ3v) is 3.96. The molecule has 4 heteroatoms. The van der Waals surface area contributed by atoms with Gasteiger partial charge in [0.2, 0.25) is 11.8 Å². The minimum atomic E-state index is -0.447. The first kappa shape index (κ1) is 16.2. The number of benzene rings is 2. The van der Waals surface area contributed by atoms with Crippen molar-refractivity contribution in [1.82, 2.24) is 4.98 Å². The first-order chi connectivity index (χ1) is 11.2. The lowest BCUT2D eigenvalue weighted by Gasteiger charge is -2.19. The molecule has 1 heterocycles. The zero-order valence-corrected chi connectivity index (χ0v) is 14.7. The first-order valence-corrected chi connectivity index (χ1v) is 8.04. The molecule has 0 unspecified atom stereocenters. The van der Waals surface area contributed by atoms with Crippen molar-refractivity contribution in [2.75, 3.05) is 5.32 Å². The van der Waals surface area contributed by atoms with Gasteiger partial charge in [-0.1, -0.05) is 32.9 Å². The van der Waals surface area contributed by atoms with Gasteiger partial charge in [-0.3, -0.25) is 4.79 Å². The molecule has 0 aliphatic heterocycles. The maximum absolute atomic E-state index is 12.3. The van der Waals surface area contributed by atoms with E-state index in [1.54, 1.807) is 0 Å². The highest BCUT2D eigenvalue weighted by atomic mass is 16.3. The van der Waals surface area contributed by atoms with Crippen LogP contribution in [0.3, 0.4) is 0 Å². The van der Waals surface area contributed by atoms with Crippen LogP contribution in [-0.2, 0) is 4.79 Å². The van der Waals surface area contributed by atoms with Gasteiger partial charge in [0.1, 0.15) is 5.52 Å². The predicted molar refractivity (Wildman–Crippen MR) is 97.0 cm³/mol. The van der Waals surface area contributed by atoms with Gasteiger partial charge in [0.05, 0.1) is 0 Å². The molecule has 3 aromatic rings. The first-order valence-electron chi connectivity index (χ1n) is 8.04. The van der Waals surface area contributed by atoms with Crippen LogP contribution in [0.25, 0.3) is 22.6 Å². The Morgan fingerprint density at radius 2 is 1.83 bits per heavy atom. The highest BCUT2D eigenvalue weighted by Crippen LogP contribution is 2.29. The van der Waals surface area contributed by atoms with E-state index in [9.17, 15) is 4.79 Å². The quantitative estimate of drug-likeness (QED) is 0.714. The lowest BCUT2D eigenvalue weighted by atomic mass is 9.95. The number of aryl methyl sites for hydroxylation is 2. The van der Waals surface area contributed by atoms with Gasteiger partial charge < -0.3 is 9.73 Å². The lowest BCUT2D eigenvalue weighted by molar-refractivity contribution is -0.123. The standard InChI is InChI=1S/C20H22N2O2/c1-12-6-9-17-16(10-12)21-18(24-17)14-8-7-13(2)15(11-14)22-19(23)20(3,4)5/h6-11H,1-5H3,(H,22,23). The Bertz CT molecular complexity index is 917. The monoisotopic (exact) mass is 322 g/mol. The van der Waals surface area contributed by atoms with Crippen LogP contribution in [0.15, 0.2) is 40.8 Å². The smallest absolute Gasteiger partial charge is 0.229 e. The fourth-order valence-corrected chi connectivity index (χ4v) is 2.36. The van der Waals surface area contributed by atoms with E-state index in [2.05, 4.69) is 10.3 Å². The largest absolute Gasteiger partial charge is 0.436 e. The van der Waals surface area contributed by atoms with Crippen LogP contribution in [0.1, 0.15) is 31.9 Å². The van der Waals surface area contributed by atoms with E-state index in [0.717, 1.165) is 33.5 Å². The van der Waals surface area contributed by atoms with Gasteiger partial charge in [-0.25, -0.2) is 4.98 Å². The molecule has 24 heavy (non-hydrogen) atoms. The Morgan fingerprint density at radius 3 is 2.54 bits per heavy atom. The molecule has 0 aliphatic carbocycles. The number of rotatable bonds is 2. The summed E-state index contributed by atoms with van der Waals surface area (Å²) in [5.41, 5.74) is 4.93. The summed E-state index contributed by atoms with van der Waals surface area (Å²) in [6, 6.07) is 11.8. The molecule has 1 N–H and O–H groups in total. The zero-order valence-electron chi connectivity index (χ0n) is 14.7. The van der Waals surface area contributed by atoms with Gasteiger partial charge in [0, 0.05) is 16.7 Å². The summed E-state index contributed by atoms with van der Waals surface area (Å²) in [4.78, 5) is 16.8. The van der Waals surface area contributed by atoms with Crippen molar-refractivity contribution in [2.45, 2.75) is 34.6 Å². The molecule has 0 saturated heterocycles. The van der Waals surface area contributed by atoms with E-state index in [0.29, 0.717) is 5.89 Å². The van der Waals surface area contributed by atoms with E-state index in [1.165, 1.54) is 0 Å². The molecule has 124 valence electrons. The summed E-state index contributed by atoms with van der Waals surface area (Å²) in [5.74, 6) is 0.540. The molecule has 0 fully saturated rings. The zero-order chi connectivity index (χ0) is 17.5. The number of nitrogens with zero attached hydrogens (tertiary/aromatic N) is 1. The van der Waals surface area contributed by atoms with Crippen LogP contribution in [-0.4, -0.2) is 10.9 Å². The van der Waals surface area contributed by atoms with Gasteiger partial charge in [-0.2, -0.15) is 0 Å². The second-order valence-electron chi connectivity index (χ2n) is 7.22. The Kier molecular flexibility index (Phi) is 3.91. The number of oxazole rings is 1. The van der Waals surface area contributed by atoms with Crippen molar-refractivity contribution in [3.63, 3.8) is 0 Å². The van der Waals surface area contributed by atoms with Crippen LogP contribution in [0.2, 0.25) is 0 Å². The van der Waals surface area contributed by atoms with Crippen molar-refractivity contribution in [3.8, 4) is 11.5 Å². The summed E-state index contributed by atoms with van der Waals surface area (Å²) in [6.07, 6.45) is 0. The van der Waals surface area contributed by atoms with Gasteiger partial charge in [0.15, 0.2) is 5.58 Å². The molecule has 1 amide bonds. The number of anilines is 1. The summed E-state index contributed by atoms with van der Waals surface area (Å²) in [6.45, 7) is 9.68. The van der Waals surface area contributed by atoms with Crippen LogP contribution >= 0.6 is 0 Å². The number of nitrogens with one attached hydrogen (secondary N) is 1. The average Bonchev–Trinajstić information content (AvgIpc) is 2.91. The SMILES string of the molecule is Cc1ccc2oc(-c3ccc(C)c(NC(=O)C(C)(C)C)c3)nc2c1. The number of hydrogen-bond acceptors (Lipinski definition) is 3. The molecule has 0 spiro atoms. The van der Waals surface area contributed by atoms with E-state index in [-0.39, 0.29) is 5.91 Å². The Labute approximate surface area is 141 Å². The maximum Gasteiger partial charge on any atom is 0.229 e. The van der Waals surface area contributed by atoms with Crippen LogP contribution in [0, 0.1) is 19.3 Å². The van der Waals surface area contributed by atoms with E-state index in [1.807, 2.05) is 71.0 Å². The Hall–Kier alpha value is -2.62. The van der Waals surface area contributed by atoms with Gasteiger partial charge in [-0.15, -0.1) is 0 Å². The van der Waals surface area contributed by atoms with Crippen molar-refractivity contribution < 1.29 is 9.21 Å². The normalized spacial score (nSPS) is 11.7. The second-order valence-corrected chi connectivity index (χ2v) is 7.22. The highest BCUT2D eigenvalue weighted by molar-refractivity contribution is 5.95. The minimum absolute atomic E-state index is 0.0176. The third kappa shape index (κ3) is 3.18. The van der Waals surface area contributed by atoms with Crippen molar-refractivity contribution >= 4 is 22.7 Å². The minimum Gasteiger partial charge on any atom is -0.436 e.